The third-order valence-electron chi connectivity index (χ3n) is 4.77. The summed E-state index contributed by atoms with van der Waals surface area (Å²) in [5, 5.41) is 0. The van der Waals surface area contributed by atoms with Gasteiger partial charge in [0, 0.05) is 30.8 Å². The maximum Gasteiger partial charge on any atom is 0.123 e. The second-order valence-corrected chi connectivity index (χ2v) is 5.95. The molecular weight excluding hydrogens is 264 g/mol. The normalized spacial score (nSPS) is 26.0. The molecule has 1 saturated heterocycles. The number of likely N-dealkylation sites (N-methyl/N-ethyl adjacent to an activating group) is 1. The van der Waals surface area contributed by atoms with Crippen LogP contribution in [-0.2, 0) is 11.3 Å². The number of nitrogens with zero attached hydrogens (tertiary/aromatic N) is 1. The van der Waals surface area contributed by atoms with Gasteiger partial charge >= 0.3 is 0 Å². The van der Waals surface area contributed by atoms with E-state index in [2.05, 4.69) is 31.0 Å². The van der Waals surface area contributed by atoms with E-state index < -0.39 is 0 Å². The molecule has 0 bridgehead atoms. The molecule has 0 aromatic heterocycles. The first kappa shape index (κ1) is 16.3. The van der Waals surface area contributed by atoms with Crippen molar-refractivity contribution in [2.75, 3.05) is 27.3 Å². The summed E-state index contributed by atoms with van der Waals surface area (Å²) < 4.78 is 11.3. The quantitative estimate of drug-likeness (QED) is 0.875. The van der Waals surface area contributed by atoms with Crippen LogP contribution in [0.4, 0.5) is 0 Å². The zero-order chi connectivity index (χ0) is 15.3. The molecule has 1 aromatic carbocycles. The topological polar surface area (TPSA) is 47.7 Å². The largest absolute Gasteiger partial charge is 0.496 e. The van der Waals surface area contributed by atoms with Crippen LogP contribution in [0.1, 0.15) is 31.7 Å². The SMILES string of the molecule is CCC1CC(CN)(N(C)Cc2ccccc2OC)CCO1. The molecule has 2 atom stereocenters. The Morgan fingerprint density at radius 2 is 2.19 bits per heavy atom. The molecule has 2 N–H and O–H groups in total. The third-order valence-corrected chi connectivity index (χ3v) is 4.77. The van der Waals surface area contributed by atoms with Gasteiger partial charge in [-0.3, -0.25) is 4.90 Å². The summed E-state index contributed by atoms with van der Waals surface area (Å²) in [6.45, 7) is 4.49. The van der Waals surface area contributed by atoms with Crippen molar-refractivity contribution in [3.05, 3.63) is 29.8 Å². The molecule has 0 spiro atoms. The predicted molar refractivity (Wildman–Crippen MR) is 85.5 cm³/mol. The van der Waals surface area contributed by atoms with E-state index in [-0.39, 0.29) is 5.54 Å². The van der Waals surface area contributed by atoms with Gasteiger partial charge < -0.3 is 15.2 Å². The average molecular weight is 292 g/mol. The molecule has 1 aliphatic heterocycles. The smallest absolute Gasteiger partial charge is 0.123 e. The van der Waals surface area contributed by atoms with Crippen LogP contribution in [0.2, 0.25) is 0 Å². The highest BCUT2D eigenvalue weighted by molar-refractivity contribution is 5.33. The van der Waals surface area contributed by atoms with Gasteiger partial charge in [-0.15, -0.1) is 0 Å². The van der Waals surface area contributed by atoms with Gasteiger partial charge in [0.25, 0.3) is 0 Å². The molecular formula is C17H28N2O2. The average Bonchev–Trinajstić information content (AvgIpc) is 2.55. The molecule has 1 heterocycles. The zero-order valence-corrected chi connectivity index (χ0v) is 13.5. The van der Waals surface area contributed by atoms with Gasteiger partial charge in [-0.25, -0.2) is 0 Å². The van der Waals surface area contributed by atoms with Gasteiger partial charge in [0.15, 0.2) is 0 Å². The lowest BCUT2D eigenvalue weighted by Gasteiger charge is -2.46. The molecule has 1 fully saturated rings. The van der Waals surface area contributed by atoms with Crippen molar-refractivity contribution in [3.8, 4) is 5.75 Å². The predicted octanol–water partition coefficient (Wildman–Crippen LogP) is 2.41. The molecule has 0 aliphatic carbocycles. The minimum atomic E-state index is 0.0276. The summed E-state index contributed by atoms with van der Waals surface area (Å²) in [4.78, 5) is 2.38. The fourth-order valence-electron chi connectivity index (χ4n) is 3.21. The van der Waals surface area contributed by atoms with Crippen molar-refractivity contribution in [2.24, 2.45) is 5.73 Å². The minimum absolute atomic E-state index is 0.0276. The summed E-state index contributed by atoms with van der Waals surface area (Å²) in [6.07, 6.45) is 3.36. The van der Waals surface area contributed by atoms with E-state index in [1.807, 2.05) is 12.1 Å². The van der Waals surface area contributed by atoms with Crippen molar-refractivity contribution < 1.29 is 9.47 Å². The Morgan fingerprint density at radius 3 is 2.86 bits per heavy atom. The molecule has 0 radical (unpaired) electrons. The Bertz CT molecular complexity index is 452. The van der Waals surface area contributed by atoms with Crippen molar-refractivity contribution >= 4 is 0 Å². The van der Waals surface area contributed by atoms with Gasteiger partial charge in [-0.05, 0) is 32.4 Å². The molecule has 0 saturated carbocycles. The summed E-state index contributed by atoms with van der Waals surface area (Å²) in [6, 6.07) is 8.19. The second-order valence-electron chi connectivity index (χ2n) is 5.95. The van der Waals surface area contributed by atoms with Crippen LogP contribution in [0, 0.1) is 0 Å². The Morgan fingerprint density at radius 1 is 1.43 bits per heavy atom. The van der Waals surface area contributed by atoms with Crippen molar-refractivity contribution in [3.63, 3.8) is 0 Å². The molecule has 2 unspecified atom stereocenters. The molecule has 4 heteroatoms. The Hall–Kier alpha value is -1.10. The maximum absolute atomic E-state index is 6.15. The standard InChI is InChI=1S/C17H28N2O2/c1-4-15-11-17(13-18,9-10-21-15)19(2)12-14-7-5-6-8-16(14)20-3/h5-8,15H,4,9-13,18H2,1-3H3. The first-order valence-corrected chi connectivity index (χ1v) is 7.80. The number of rotatable bonds is 6. The van der Waals surface area contributed by atoms with Crippen LogP contribution in [-0.4, -0.2) is 43.9 Å². The number of methoxy groups -OCH3 is 1. The Kier molecular flexibility index (Phi) is 5.62. The highest BCUT2D eigenvalue weighted by atomic mass is 16.5. The number of para-hydroxylation sites is 1. The summed E-state index contributed by atoms with van der Waals surface area (Å²) >= 11 is 0. The van der Waals surface area contributed by atoms with Crippen molar-refractivity contribution in [1.29, 1.82) is 0 Å². The van der Waals surface area contributed by atoms with E-state index in [4.69, 9.17) is 15.2 Å². The van der Waals surface area contributed by atoms with Crippen LogP contribution in [0.3, 0.4) is 0 Å². The van der Waals surface area contributed by atoms with Gasteiger partial charge in [-0.1, -0.05) is 25.1 Å². The Labute approximate surface area is 128 Å². The lowest BCUT2D eigenvalue weighted by molar-refractivity contribution is -0.0672. The summed E-state index contributed by atoms with van der Waals surface area (Å²) in [7, 11) is 3.89. The lowest BCUT2D eigenvalue weighted by Crippen LogP contribution is -2.56. The number of hydrogen-bond acceptors (Lipinski definition) is 4. The highest BCUT2D eigenvalue weighted by Gasteiger charge is 2.38. The number of benzene rings is 1. The maximum atomic E-state index is 6.15. The molecule has 1 aromatic rings. The third kappa shape index (κ3) is 3.57. The summed E-state index contributed by atoms with van der Waals surface area (Å²) in [5.74, 6) is 0.940. The monoisotopic (exact) mass is 292 g/mol. The molecule has 0 amide bonds. The van der Waals surface area contributed by atoms with Crippen molar-refractivity contribution in [2.45, 2.75) is 44.4 Å². The van der Waals surface area contributed by atoms with E-state index in [1.54, 1.807) is 7.11 Å². The number of ether oxygens (including phenoxy) is 2. The van der Waals surface area contributed by atoms with Crippen LogP contribution in [0.25, 0.3) is 0 Å². The van der Waals surface area contributed by atoms with Crippen LogP contribution in [0.15, 0.2) is 24.3 Å². The van der Waals surface area contributed by atoms with Crippen LogP contribution >= 0.6 is 0 Å². The second kappa shape index (κ2) is 7.25. The molecule has 21 heavy (non-hydrogen) atoms. The lowest BCUT2D eigenvalue weighted by atomic mass is 9.84. The van der Waals surface area contributed by atoms with Crippen molar-refractivity contribution in [1.82, 2.24) is 4.90 Å². The fraction of sp³-hybridized carbons (Fsp3) is 0.647. The number of hydrogen-bond donors (Lipinski definition) is 1. The van der Waals surface area contributed by atoms with Gasteiger partial charge in [0.1, 0.15) is 5.75 Å². The van der Waals surface area contributed by atoms with Gasteiger partial charge in [-0.2, -0.15) is 0 Å². The van der Waals surface area contributed by atoms with E-state index in [9.17, 15) is 0 Å². The summed E-state index contributed by atoms with van der Waals surface area (Å²) in [5.41, 5.74) is 7.38. The van der Waals surface area contributed by atoms with Gasteiger partial charge in [0.05, 0.1) is 13.2 Å². The molecule has 4 nitrogen and oxygen atoms in total. The molecule has 2 rings (SSSR count). The minimum Gasteiger partial charge on any atom is -0.496 e. The van der Waals surface area contributed by atoms with Crippen LogP contribution < -0.4 is 10.5 Å². The number of nitrogens with two attached hydrogens (primary N) is 1. The van der Waals surface area contributed by atoms with E-state index in [0.29, 0.717) is 12.6 Å². The fourth-order valence-corrected chi connectivity index (χ4v) is 3.21. The van der Waals surface area contributed by atoms with E-state index in [1.165, 1.54) is 5.56 Å². The molecule has 1 aliphatic rings. The van der Waals surface area contributed by atoms with Gasteiger partial charge in [0.2, 0.25) is 0 Å². The molecule has 118 valence electrons. The van der Waals surface area contributed by atoms with Crippen LogP contribution in [0.5, 0.6) is 5.75 Å². The highest BCUT2D eigenvalue weighted by Crippen LogP contribution is 2.32. The first-order chi connectivity index (χ1) is 10.1. The zero-order valence-electron chi connectivity index (χ0n) is 13.5. The Balaban J connectivity index is 2.14. The van der Waals surface area contributed by atoms with E-state index in [0.717, 1.165) is 38.2 Å². The first-order valence-electron chi connectivity index (χ1n) is 7.80. The van der Waals surface area contributed by atoms with E-state index >= 15 is 0 Å².